The number of amides is 3. The normalized spacial score (nSPS) is 25.7. The summed E-state index contributed by atoms with van der Waals surface area (Å²) in [4.78, 5) is 54.9. The lowest BCUT2D eigenvalue weighted by Gasteiger charge is -2.50. The van der Waals surface area contributed by atoms with Gasteiger partial charge in [0.25, 0.3) is 0 Å². The highest BCUT2D eigenvalue weighted by molar-refractivity contribution is 6.10. The molecule has 4 atom stereocenters. The van der Waals surface area contributed by atoms with Gasteiger partial charge in [-0.1, -0.05) is 12.6 Å². The van der Waals surface area contributed by atoms with Gasteiger partial charge >= 0.3 is 6.18 Å². The number of piperazine rings is 2. The number of halogens is 4. The Hall–Kier alpha value is -4.04. The van der Waals surface area contributed by atoms with Gasteiger partial charge in [0.15, 0.2) is 0 Å². The lowest BCUT2D eigenvalue weighted by atomic mass is 9.95. The molecule has 0 saturated carbocycles. The van der Waals surface area contributed by atoms with E-state index in [0.717, 1.165) is 30.1 Å². The first kappa shape index (κ1) is 32.9. The van der Waals surface area contributed by atoms with E-state index in [1.807, 2.05) is 9.80 Å². The average molecular weight is 658 g/mol. The second-order valence-electron chi connectivity index (χ2n) is 13.0. The molecule has 0 unspecified atom stereocenters. The van der Waals surface area contributed by atoms with Gasteiger partial charge in [-0.25, -0.2) is 9.37 Å². The maximum atomic E-state index is 15.6. The number of rotatable bonds is 5. The molecule has 0 radical (unpaired) electrons. The number of pyridine rings is 1. The fourth-order valence-electron chi connectivity index (χ4n) is 7.67. The maximum absolute atomic E-state index is 15.6. The summed E-state index contributed by atoms with van der Waals surface area (Å²) in [6, 6.07) is 5.38. The van der Waals surface area contributed by atoms with Gasteiger partial charge in [-0.05, 0) is 44.2 Å². The van der Waals surface area contributed by atoms with Crippen molar-refractivity contribution in [1.82, 2.24) is 19.7 Å². The van der Waals surface area contributed by atoms with E-state index in [0.29, 0.717) is 38.4 Å². The van der Waals surface area contributed by atoms with Gasteiger partial charge < -0.3 is 14.7 Å². The zero-order valence-corrected chi connectivity index (χ0v) is 26.7. The van der Waals surface area contributed by atoms with Gasteiger partial charge in [0.05, 0.1) is 16.9 Å². The van der Waals surface area contributed by atoms with Crippen LogP contribution in [-0.2, 0) is 20.6 Å². The number of hydrogen-bond acceptors (Lipinski definition) is 7. The Balaban J connectivity index is 1.28. The molecule has 47 heavy (non-hydrogen) atoms. The van der Waals surface area contributed by atoms with Crippen molar-refractivity contribution in [1.29, 1.82) is 0 Å². The van der Waals surface area contributed by atoms with Gasteiger partial charge in [-0.2, -0.15) is 13.2 Å². The van der Waals surface area contributed by atoms with Crippen molar-refractivity contribution in [2.45, 2.75) is 44.6 Å². The number of hydrogen-bond donors (Lipinski definition) is 0. The van der Waals surface area contributed by atoms with Crippen LogP contribution in [0.2, 0.25) is 0 Å². The molecule has 3 amide bonds. The molecule has 4 aliphatic rings. The Morgan fingerprint density at radius 2 is 1.85 bits per heavy atom. The van der Waals surface area contributed by atoms with Crippen molar-refractivity contribution in [3.05, 3.63) is 60.1 Å². The highest BCUT2D eigenvalue weighted by atomic mass is 19.4. The third-order valence-corrected chi connectivity index (χ3v) is 9.89. The number of aromatic nitrogens is 1. The molecule has 1 aromatic carbocycles. The Labute approximate surface area is 271 Å². The summed E-state index contributed by atoms with van der Waals surface area (Å²) in [6.45, 7) is 11.8. The zero-order valence-electron chi connectivity index (χ0n) is 26.7. The van der Waals surface area contributed by atoms with Crippen LogP contribution in [0, 0.1) is 18.7 Å². The molecular weight excluding hydrogens is 618 g/mol. The average Bonchev–Trinajstić information content (AvgIpc) is 3.35. The Morgan fingerprint density at radius 1 is 1.09 bits per heavy atom. The van der Waals surface area contributed by atoms with E-state index < -0.39 is 41.3 Å². The van der Waals surface area contributed by atoms with Gasteiger partial charge in [0, 0.05) is 89.5 Å². The van der Waals surface area contributed by atoms with E-state index in [2.05, 4.69) is 28.3 Å². The molecule has 5 heterocycles. The highest BCUT2D eigenvalue weighted by Gasteiger charge is 2.49. The minimum atomic E-state index is -4.67. The predicted molar refractivity (Wildman–Crippen MR) is 169 cm³/mol. The lowest BCUT2D eigenvalue weighted by Crippen LogP contribution is -2.66. The molecule has 0 spiro atoms. The molecule has 2 aromatic rings. The zero-order chi connectivity index (χ0) is 33.8. The molecule has 252 valence electrons. The largest absolute Gasteiger partial charge is 0.416 e. The van der Waals surface area contributed by atoms with Gasteiger partial charge in [0.2, 0.25) is 17.7 Å². The van der Waals surface area contributed by atoms with Crippen LogP contribution in [0.3, 0.4) is 0 Å². The third-order valence-electron chi connectivity index (χ3n) is 9.89. The number of alkyl halides is 3. The predicted octanol–water partition coefficient (Wildman–Crippen LogP) is 3.16. The summed E-state index contributed by atoms with van der Waals surface area (Å²) in [5.74, 6) is -2.50. The van der Waals surface area contributed by atoms with E-state index in [4.69, 9.17) is 0 Å². The first-order valence-electron chi connectivity index (χ1n) is 15.8. The smallest absolute Gasteiger partial charge is 0.366 e. The summed E-state index contributed by atoms with van der Waals surface area (Å²) < 4.78 is 56.8. The third kappa shape index (κ3) is 6.20. The van der Waals surface area contributed by atoms with Crippen LogP contribution in [0.15, 0.2) is 43.0 Å². The summed E-state index contributed by atoms with van der Waals surface area (Å²) in [6.07, 6.45) is -3.43. The maximum Gasteiger partial charge on any atom is 0.416 e. The Bertz CT molecular complexity index is 1590. The number of benzene rings is 1. The number of carbonyl (C=O) groups is 3. The molecule has 6 rings (SSSR count). The molecule has 0 N–H and O–H groups in total. The van der Waals surface area contributed by atoms with Crippen molar-refractivity contribution in [2.24, 2.45) is 5.92 Å². The van der Waals surface area contributed by atoms with Crippen molar-refractivity contribution in [3.8, 4) is 0 Å². The number of fused-ring (bicyclic) bond motifs is 3. The van der Waals surface area contributed by atoms with Crippen LogP contribution < -0.4 is 14.7 Å². The van der Waals surface area contributed by atoms with E-state index in [9.17, 15) is 27.6 Å². The molecule has 0 bridgehead atoms. The number of anilines is 3. The molecule has 0 aliphatic carbocycles. The highest BCUT2D eigenvalue weighted by Crippen LogP contribution is 2.41. The molecule has 10 nitrogen and oxygen atoms in total. The number of nitrogens with zero attached hydrogens (tertiary/aromatic N) is 7. The van der Waals surface area contributed by atoms with E-state index in [-0.39, 0.29) is 48.2 Å². The lowest BCUT2D eigenvalue weighted by molar-refractivity contribution is -0.137. The minimum absolute atomic E-state index is 0.0659. The van der Waals surface area contributed by atoms with Gasteiger partial charge in [0.1, 0.15) is 17.7 Å². The van der Waals surface area contributed by atoms with Crippen LogP contribution in [-0.4, -0.2) is 115 Å². The van der Waals surface area contributed by atoms with Crippen LogP contribution in [0.4, 0.5) is 34.8 Å². The van der Waals surface area contributed by atoms with Crippen molar-refractivity contribution < 1.29 is 31.9 Å². The van der Waals surface area contributed by atoms with E-state index in [1.165, 1.54) is 37.1 Å². The summed E-state index contributed by atoms with van der Waals surface area (Å²) in [5.41, 5.74) is -0.337. The summed E-state index contributed by atoms with van der Waals surface area (Å²) in [7, 11) is 1.49. The van der Waals surface area contributed by atoms with Crippen molar-refractivity contribution in [3.63, 3.8) is 0 Å². The fourth-order valence-corrected chi connectivity index (χ4v) is 7.67. The van der Waals surface area contributed by atoms with Crippen LogP contribution in [0.1, 0.15) is 24.6 Å². The molecule has 3 saturated heterocycles. The molecule has 1 aromatic heterocycles. The Morgan fingerprint density at radius 3 is 2.57 bits per heavy atom. The molecular formula is C33H39F4N7O3. The second kappa shape index (κ2) is 12.5. The van der Waals surface area contributed by atoms with Crippen LogP contribution in [0.5, 0.6) is 0 Å². The van der Waals surface area contributed by atoms with Crippen LogP contribution in [0.25, 0.3) is 0 Å². The monoisotopic (exact) mass is 657 g/mol. The van der Waals surface area contributed by atoms with Crippen molar-refractivity contribution >= 4 is 34.9 Å². The number of carbonyl (C=O) groups excluding carboxylic acids is 3. The number of aryl methyl sites for hydroxylation is 1. The number of para-hydroxylation sites is 1. The molecule has 3 fully saturated rings. The SMILES string of the molecule is C=CC(=O)N1C[C@H]2CN(CCN3C[C@H]4CC(=O)N(c5cc(C(F)(F)F)cc(C)n5)[C@@H]4C(=O)N(C)c4cccc(F)c43)CCN2[C@@H](C)C1. The standard InChI is InChI=1S/C33H39F4N7O3/c1-5-28(45)42-16-21(3)43-12-10-40(18-24(43)19-42)9-11-41-17-22-14-29(46)44(27-15-23(33(35,36)37)13-20(2)38-27)30(22)32(47)39(4)26-8-6-7-25(34)31(26)41/h5-8,13,15,21-22,24,30H,1,9-12,14,16-19H2,2-4H3/t21-,22+,24+,30-/m0/s1. The first-order chi connectivity index (χ1) is 22.3. The molecule has 14 heteroatoms. The fraction of sp³-hybridized carbons (Fsp3) is 0.515. The van der Waals surface area contributed by atoms with Crippen molar-refractivity contribution in [2.75, 3.05) is 74.1 Å². The quantitative estimate of drug-likeness (QED) is 0.361. The Kier molecular flexibility index (Phi) is 8.77. The minimum Gasteiger partial charge on any atom is -0.366 e. The van der Waals surface area contributed by atoms with Crippen LogP contribution >= 0.6 is 0 Å². The molecule has 4 aliphatic heterocycles. The topological polar surface area (TPSA) is 83.5 Å². The number of likely N-dealkylation sites (N-methyl/N-ethyl adjacent to an activating group) is 1. The summed E-state index contributed by atoms with van der Waals surface area (Å²) >= 11 is 0. The first-order valence-corrected chi connectivity index (χ1v) is 15.8. The second-order valence-corrected chi connectivity index (χ2v) is 13.0. The van der Waals surface area contributed by atoms with E-state index >= 15 is 4.39 Å². The van der Waals surface area contributed by atoms with E-state index in [1.54, 1.807) is 6.07 Å². The van der Waals surface area contributed by atoms with Gasteiger partial charge in [-0.15, -0.1) is 0 Å². The summed E-state index contributed by atoms with van der Waals surface area (Å²) in [5, 5.41) is 0. The van der Waals surface area contributed by atoms with Gasteiger partial charge in [-0.3, -0.25) is 29.1 Å².